The minimum atomic E-state index is -1.71. The molecule has 1 aromatic carbocycles. The maximum Gasteiger partial charge on any atom is 0.211 e. The molecule has 116 valence electrons. The van der Waals surface area contributed by atoms with Crippen LogP contribution in [0.3, 0.4) is 0 Å². The molecule has 5 atom stereocenters. The number of aliphatic hydroxyl groups excluding tert-OH is 1. The second-order valence-corrected chi connectivity index (χ2v) is 6.59. The first-order valence-electron chi connectivity index (χ1n) is 9.64. The number of aliphatic hydroxyl groups is 1. The Morgan fingerprint density at radius 3 is 3.27 bits per heavy atom. The smallest absolute Gasteiger partial charge is 0.211 e. The zero-order chi connectivity index (χ0) is 18.5. The molecule has 4 heteroatoms. The zero-order valence-electron chi connectivity index (χ0n) is 16.6. The molecule has 1 saturated heterocycles. The molecule has 5 rings (SSSR count). The van der Waals surface area contributed by atoms with E-state index in [9.17, 15) is 1.37 Å². The Labute approximate surface area is 136 Å². The highest BCUT2D eigenvalue weighted by Gasteiger charge is 2.64. The van der Waals surface area contributed by atoms with Crippen molar-refractivity contribution < 1.29 is 18.7 Å². The monoisotopic (exact) mass is 303 g/mol. The Balaban J connectivity index is 1.91. The molecule has 0 saturated carbocycles. The molecule has 1 aromatic rings. The average molecular weight is 303 g/mol. The third kappa shape index (κ3) is 1.28. The Morgan fingerprint density at radius 2 is 2.45 bits per heavy atom. The van der Waals surface area contributed by atoms with E-state index in [1.54, 1.807) is 31.4 Å². The summed E-state index contributed by atoms with van der Waals surface area (Å²) in [5, 5.41) is 4.94. The number of ether oxygens (including phenoxy) is 2. The number of likely N-dealkylation sites (tertiary alicyclic amines) is 1. The third-order valence-corrected chi connectivity index (χ3v) is 5.68. The minimum Gasteiger partial charge on any atom is -0.493 e. The van der Waals surface area contributed by atoms with Crippen LogP contribution in [0.15, 0.2) is 24.3 Å². The van der Waals surface area contributed by atoms with Crippen molar-refractivity contribution in [1.29, 1.82) is 1.43 Å². The van der Waals surface area contributed by atoms with Gasteiger partial charge >= 0.3 is 0 Å². The summed E-state index contributed by atoms with van der Waals surface area (Å²) in [6.07, 6.45) is 1.21. The van der Waals surface area contributed by atoms with Gasteiger partial charge in [0.15, 0.2) is 11.5 Å². The Bertz CT molecular complexity index is 831. The molecule has 1 spiro atoms. The van der Waals surface area contributed by atoms with Gasteiger partial charge in [-0.1, -0.05) is 18.2 Å². The van der Waals surface area contributed by atoms with Crippen molar-refractivity contribution in [1.82, 2.24) is 4.90 Å². The van der Waals surface area contributed by atoms with Gasteiger partial charge in [0, 0.05) is 27.0 Å². The maximum atomic E-state index is 9.45. The van der Waals surface area contributed by atoms with Crippen LogP contribution in [0.5, 0.6) is 11.5 Å². The fourth-order valence-corrected chi connectivity index (χ4v) is 4.68. The van der Waals surface area contributed by atoms with Crippen LogP contribution in [0.4, 0.5) is 0 Å². The fourth-order valence-electron chi connectivity index (χ4n) is 4.68. The first kappa shape index (κ1) is 9.58. The molecular weight excluding hydrogens is 278 g/mol. The van der Waals surface area contributed by atoms with Crippen LogP contribution in [-0.4, -0.2) is 50.4 Å². The topological polar surface area (TPSA) is 41.9 Å². The lowest BCUT2D eigenvalue weighted by Crippen LogP contribution is -2.64. The maximum absolute atomic E-state index is 9.45. The van der Waals surface area contributed by atoms with E-state index in [2.05, 4.69) is 0 Å². The highest BCUT2D eigenvalue weighted by molar-refractivity contribution is 5.62. The third-order valence-electron chi connectivity index (χ3n) is 5.68. The molecular formula is C18H21NO3. The largest absolute Gasteiger partial charge is 0.493 e. The molecule has 4 nitrogen and oxygen atoms in total. The van der Waals surface area contributed by atoms with Crippen molar-refractivity contribution in [2.75, 3.05) is 20.7 Å². The lowest BCUT2D eigenvalue weighted by molar-refractivity contribution is -0.0453. The number of rotatable bonds is 2. The molecule has 2 heterocycles. The van der Waals surface area contributed by atoms with Crippen LogP contribution < -0.4 is 9.47 Å². The van der Waals surface area contributed by atoms with Crippen LogP contribution in [-0.2, 0) is 11.8 Å². The van der Waals surface area contributed by atoms with Gasteiger partial charge in [0.25, 0.3) is 0 Å². The molecule has 2 aliphatic carbocycles. The van der Waals surface area contributed by atoms with Gasteiger partial charge in [-0.2, -0.15) is 0 Å². The minimum absolute atomic E-state index is 0.504. The molecule has 0 aromatic heterocycles. The van der Waals surface area contributed by atoms with Gasteiger partial charge in [-0.15, -0.1) is 0 Å². The summed E-state index contributed by atoms with van der Waals surface area (Å²) in [5.74, 6) is -0.176. The quantitative estimate of drug-likeness (QED) is 0.841. The average Bonchev–Trinajstić information content (AvgIpc) is 2.95. The highest BCUT2D eigenvalue weighted by Crippen LogP contribution is 2.62. The van der Waals surface area contributed by atoms with Gasteiger partial charge in [-0.3, -0.25) is 0 Å². The van der Waals surface area contributed by atoms with Crippen molar-refractivity contribution in [3.8, 4) is 11.5 Å². The van der Waals surface area contributed by atoms with Gasteiger partial charge in [-0.25, -0.2) is 0 Å². The lowest BCUT2D eigenvalue weighted by atomic mass is 9.53. The summed E-state index contributed by atoms with van der Waals surface area (Å²) < 4.78 is 46.5. The summed E-state index contributed by atoms with van der Waals surface area (Å²) in [4.78, 5) is 1.95. The Kier molecular flexibility index (Phi) is 1.77. The number of nitrogens with zero attached hydrogens (tertiary/aromatic N) is 1. The SMILES string of the molecule is [2H]OC1C=C[C@@]2([2H])[C@@H]3N(C)CC[C@@]24c2c(ccc(OC)c2OC14)C3([2H])[2H]. The second-order valence-electron chi connectivity index (χ2n) is 6.59. The lowest BCUT2D eigenvalue weighted by Gasteiger charge is -2.56. The molecule has 0 amide bonds. The van der Waals surface area contributed by atoms with Crippen LogP contribution in [0.1, 0.15) is 21.7 Å². The summed E-state index contributed by atoms with van der Waals surface area (Å²) in [5.41, 5.74) is 0.544. The van der Waals surface area contributed by atoms with Crippen molar-refractivity contribution in [2.24, 2.45) is 5.89 Å². The molecule has 2 aliphatic heterocycles. The van der Waals surface area contributed by atoms with E-state index in [0.717, 1.165) is 5.56 Å². The number of hydrogen-bond donors (Lipinski definition) is 1. The standard InChI is InChI=1S/C18H21NO3/c1-19-8-7-18-11-4-5-13(20)17(18)22-16-14(21-2)6-3-10(15(16)18)9-12(11)19/h3-6,11-13,17,20H,7-9H2,1-2H3/t11-,12+,13?,17?,18-/m0/s1/i9D2,11D,20D. The van der Waals surface area contributed by atoms with Crippen molar-refractivity contribution in [3.63, 3.8) is 0 Å². The van der Waals surface area contributed by atoms with Crippen molar-refractivity contribution >= 4 is 0 Å². The first-order valence-corrected chi connectivity index (χ1v) is 7.73. The molecule has 2 bridgehead atoms. The van der Waals surface area contributed by atoms with Gasteiger partial charge in [0.1, 0.15) is 12.2 Å². The molecule has 22 heavy (non-hydrogen) atoms. The van der Waals surface area contributed by atoms with Crippen LogP contribution in [0.2, 0.25) is 0 Å². The van der Waals surface area contributed by atoms with Crippen LogP contribution >= 0.6 is 0 Å². The fraction of sp³-hybridized carbons (Fsp3) is 0.556. The van der Waals surface area contributed by atoms with E-state index in [1.807, 2.05) is 11.9 Å². The number of hydrogen-bond acceptors (Lipinski definition) is 4. The van der Waals surface area contributed by atoms with E-state index in [-0.39, 0.29) is 0 Å². The van der Waals surface area contributed by atoms with E-state index in [1.165, 1.54) is 0 Å². The van der Waals surface area contributed by atoms with Gasteiger partial charge in [-0.05, 0) is 38.0 Å². The number of benzene rings is 1. The first-order chi connectivity index (χ1) is 12.3. The summed E-state index contributed by atoms with van der Waals surface area (Å²) in [6, 6.07) is 2.85. The van der Waals surface area contributed by atoms with Crippen molar-refractivity contribution in [2.45, 2.75) is 36.5 Å². The summed E-state index contributed by atoms with van der Waals surface area (Å²) >= 11 is 0. The van der Waals surface area contributed by atoms with E-state index < -0.39 is 35.9 Å². The van der Waals surface area contributed by atoms with Crippen LogP contribution in [0.25, 0.3) is 0 Å². The summed E-state index contributed by atoms with van der Waals surface area (Å²) in [7, 11) is 3.44. The van der Waals surface area contributed by atoms with Gasteiger partial charge < -0.3 is 19.5 Å². The van der Waals surface area contributed by atoms with Gasteiger partial charge in [0.05, 0.1) is 7.11 Å². The predicted octanol–water partition coefficient (Wildman–Crippen LogP) is 1.50. The number of methoxy groups -OCH3 is 1. The molecule has 1 N–H and O–H groups in total. The molecule has 1 fully saturated rings. The van der Waals surface area contributed by atoms with Crippen molar-refractivity contribution in [3.05, 3.63) is 35.4 Å². The van der Waals surface area contributed by atoms with E-state index >= 15 is 0 Å². The zero-order valence-corrected chi connectivity index (χ0v) is 12.6. The van der Waals surface area contributed by atoms with E-state index in [0.29, 0.717) is 30.0 Å². The normalized spacial score (nSPS) is 49.3. The molecule has 4 aliphatic rings. The number of likely N-dealkylation sites (N-methyl/N-ethyl adjacent to an activating group) is 1. The Hall–Kier alpha value is -1.52. The Morgan fingerprint density at radius 1 is 1.55 bits per heavy atom. The van der Waals surface area contributed by atoms with Gasteiger partial charge in [0.2, 0.25) is 1.43 Å². The summed E-state index contributed by atoms with van der Waals surface area (Å²) in [6.45, 7) is 0.652. The highest BCUT2D eigenvalue weighted by atomic mass is 16.5. The predicted molar refractivity (Wildman–Crippen MR) is 82.5 cm³/mol. The number of piperidine rings is 1. The molecule has 2 unspecified atom stereocenters. The second kappa shape index (κ2) is 4.06. The molecule has 0 radical (unpaired) electrons. The van der Waals surface area contributed by atoms with Crippen LogP contribution in [0, 0.1) is 5.89 Å². The van der Waals surface area contributed by atoms with E-state index in [4.69, 9.17) is 18.8 Å².